The molecule has 2 rings (SSSR count). The van der Waals surface area contributed by atoms with Gasteiger partial charge in [-0.15, -0.1) is 0 Å². The number of benzene rings is 2. The summed E-state index contributed by atoms with van der Waals surface area (Å²) in [6, 6.07) is 14.6. The zero-order chi connectivity index (χ0) is 15.2. The second-order valence-corrected chi connectivity index (χ2v) is 5.48. The summed E-state index contributed by atoms with van der Waals surface area (Å²) in [5.74, 6) is 0.596. The minimum atomic E-state index is -0.389. The van der Waals surface area contributed by atoms with Crippen LogP contribution in [0.25, 0.3) is 0 Å². The number of amides is 1. The predicted molar refractivity (Wildman–Crippen MR) is 88.9 cm³/mol. The van der Waals surface area contributed by atoms with Gasteiger partial charge in [-0.2, -0.15) is 0 Å². The molecule has 2 aromatic carbocycles. The van der Waals surface area contributed by atoms with E-state index in [4.69, 9.17) is 4.74 Å². The molecule has 0 unspecified atom stereocenters. The lowest BCUT2D eigenvalue weighted by molar-refractivity contribution is -0.116. The van der Waals surface area contributed by atoms with Crippen LogP contribution < -0.4 is 15.4 Å². The van der Waals surface area contributed by atoms with Gasteiger partial charge < -0.3 is 15.4 Å². The third-order valence-corrected chi connectivity index (χ3v) is 3.46. The molecule has 2 aromatic rings. The van der Waals surface area contributed by atoms with E-state index in [-0.39, 0.29) is 11.9 Å². The summed E-state index contributed by atoms with van der Waals surface area (Å²) < 4.78 is 6.18. The van der Waals surface area contributed by atoms with Gasteiger partial charge in [0.1, 0.15) is 11.8 Å². The van der Waals surface area contributed by atoms with E-state index in [1.807, 2.05) is 48.5 Å². The van der Waals surface area contributed by atoms with E-state index in [2.05, 4.69) is 26.6 Å². The van der Waals surface area contributed by atoms with Crippen LogP contribution in [0.2, 0.25) is 0 Å². The van der Waals surface area contributed by atoms with Crippen molar-refractivity contribution in [2.45, 2.75) is 13.0 Å². The summed E-state index contributed by atoms with van der Waals surface area (Å²) in [5.41, 5.74) is 1.54. The number of methoxy groups -OCH3 is 1. The molecule has 0 radical (unpaired) electrons. The first-order chi connectivity index (χ1) is 10.1. The molecule has 0 aliphatic carbocycles. The van der Waals surface area contributed by atoms with Crippen LogP contribution in [0.4, 0.5) is 11.4 Å². The summed E-state index contributed by atoms with van der Waals surface area (Å²) >= 11 is 3.38. The molecular weight excluding hydrogens is 332 g/mol. The number of carbonyl (C=O) groups is 1. The van der Waals surface area contributed by atoms with Gasteiger partial charge in [-0.05, 0) is 37.3 Å². The first-order valence-corrected chi connectivity index (χ1v) is 7.35. The zero-order valence-corrected chi connectivity index (χ0v) is 13.5. The van der Waals surface area contributed by atoms with Gasteiger partial charge in [0.15, 0.2) is 0 Å². The maximum absolute atomic E-state index is 12.2. The number of nitrogens with one attached hydrogen (secondary N) is 2. The summed E-state index contributed by atoms with van der Waals surface area (Å²) in [5, 5.41) is 6.02. The van der Waals surface area contributed by atoms with Crippen molar-refractivity contribution in [3.63, 3.8) is 0 Å². The van der Waals surface area contributed by atoms with Crippen LogP contribution >= 0.6 is 15.9 Å². The Morgan fingerprint density at radius 1 is 1.19 bits per heavy atom. The second kappa shape index (κ2) is 7.13. The molecule has 0 fully saturated rings. The van der Waals surface area contributed by atoms with E-state index < -0.39 is 0 Å². The molecular formula is C16H17BrN2O2. The number of rotatable bonds is 5. The standard InChI is InChI=1S/C16H17BrN2O2/c1-11(18-14-8-3-4-9-15(14)21-2)16(20)19-13-7-5-6-12(17)10-13/h3-11,18H,1-2H3,(H,19,20)/t11-/m1/s1. The lowest BCUT2D eigenvalue weighted by Gasteiger charge is -2.17. The molecule has 5 heteroatoms. The van der Waals surface area contributed by atoms with Crippen LogP contribution in [0.1, 0.15) is 6.92 Å². The Bertz CT molecular complexity index is 631. The van der Waals surface area contributed by atoms with Gasteiger partial charge in [-0.25, -0.2) is 0 Å². The number of carbonyl (C=O) groups excluding carboxylic acids is 1. The van der Waals surface area contributed by atoms with Gasteiger partial charge in [0.05, 0.1) is 12.8 Å². The maximum atomic E-state index is 12.2. The highest BCUT2D eigenvalue weighted by molar-refractivity contribution is 9.10. The molecule has 0 aliphatic rings. The zero-order valence-electron chi connectivity index (χ0n) is 11.9. The summed E-state index contributed by atoms with van der Waals surface area (Å²) in [6.45, 7) is 1.81. The Morgan fingerprint density at radius 3 is 2.67 bits per heavy atom. The molecule has 0 heterocycles. The molecule has 4 nitrogen and oxygen atoms in total. The van der Waals surface area contributed by atoms with Crippen LogP contribution in [-0.4, -0.2) is 19.1 Å². The maximum Gasteiger partial charge on any atom is 0.246 e. The number of hydrogen-bond donors (Lipinski definition) is 2. The molecule has 21 heavy (non-hydrogen) atoms. The Labute approximate surface area is 132 Å². The minimum absolute atomic E-state index is 0.112. The van der Waals surface area contributed by atoms with Crippen molar-refractivity contribution in [2.75, 3.05) is 17.7 Å². The van der Waals surface area contributed by atoms with Gasteiger partial charge in [0.25, 0.3) is 0 Å². The Morgan fingerprint density at radius 2 is 1.95 bits per heavy atom. The summed E-state index contributed by atoms with van der Waals surface area (Å²) in [7, 11) is 1.60. The van der Waals surface area contributed by atoms with Crippen molar-refractivity contribution >= 4 is 33.2 Å². The van der Waals surface area contributed by atoms with Crippen LogP contribution in [-0.2, 0) is 4.79 Å². The molecule has 0 saturated heterocycles. The van der Waals surface area contributed by atoms with E-state index >= 15 is 0 Å². The fourth-order valence-corrected chi connectivity index (χ4v) is 2.28. The number of hydrogen-bond acceptors (Lipinski definition) is 3. The minimum Gasteiger partial charge on any atom is -0.495 e. The van der Waals surface area contributed by atoms with Gasteiger partial charge in [-0.1, -0.05) is 34.1 Å². The van der Waals surface area contributed by atoms with Crippen LogP contribution in [0.5, 0.6) is 5.75 Å². The van der Waals surface area contributed by atoms with Gasteiger partial charge in [0, 0.05) is 10.2 Å². The van der Waals surface area contributed by atoms with E-state index in [1.165, 1.54) is 0 Å². The van der Waals surface area contributed by atoms with Crippen LogP contribution in [0, 0.1) is 0 Å². The van der Waals surface area contributed by atoms with Crippen LogP contribution in [0.3, 0.4) is 0 Å². The van der Waals surface area contributed by atoms with Crippen molar-refractivity contribution in [1.82, 2.24) is 0 Å². The fourth-order valence-electron chi connectivity index (χ4n) is 1.88. The first-order valence-electron chi connectivity index (χ1n) is 6.56. The SMILES string of the molecule is COc1ccccc1N[C@H](C)C(=O)Nc1cccc(Br)c1. The average Bonchev–Trinajstić information content (AvgIpc) is 2.47. The third-order valence-electron chi connectivity index (χ3n) is 2.96. The largest absolute Gasteiger partial charge is 0.495 e. The summed E-state index contributed by atoms with van der Waals surface area (Å²) in [4.78, 5) is 12.2. The molecule has 0 saturated carbocycles. The normalized spacial score (nSPS) is 11.6. The van der Waals surface area contributed by atoms with E-state index in [0.29, 0.717) is 5.75 Å². The Balaban J connectivity index is 2.02. The molecule has 2 N–H and O–H groups in total. The van der Waals surface area contributed by atoms with Crippen molar-refractivity contribution in [1.29, 1.82) is 0 Å². The van der Waals surface area contributed by atoms with E-state index in [9.17, 15) is 4.79 Å². The predicted octanol–water partition coefficient (Wildman–Crippen LogP) is 3.90. The summed E-state index contributed by atoms with van der Waals surface area (Å²) in [6.07, 6.45) is 0. The number of halogens is 1. The van der Waals surface area contributed by atoms with Crippen molar-refractivity contribution < 1.29 is 9.53 Å². The smallest absolute Gasteiger partial charge is 0.246 e. The van der Waals surface area contributed by atoms with Crippen molar-refractivity contribution in [2.24, 2.45) is 0 Å². The monoisotopic (exact) mass is 348 g/mol. The molecule has 0 aliphatic heterocycles. The molecule has 1 atom stereocenters. The lowest BCUT2D eigenvalue weighted by Crippen LogP contribution is -2.32. The Hall–Kier alpha value is -2.01. The topological polar surface area (TPSA) is 50.4 Å². The van der Waals surface area contributed by atoms with Crippen LogP contribution in [0.15, 0.2) is 53.0 Å². The Kier molecular flexibility index (Phi) is 5.22. The fraction of sp³-hybridized carbons (Fsp3) is 0.188. The molecule has 0 bridgehead atoms. The average molecular weight is 349 g/mol. The first kappa shape index (κ1) is 15.4. The highest BCUT2D eigenvalue weighted by atomic mass is 79.9. The number of anilines is 2. The lowest BCUT2D eigenvalue weighted by atomic mass is 10.2. The highest BCUT2D eigenvalue weighted by Crippen LogP contribution is 2.24. The molecule has 110 valence electrons. The highest BCUT2D eigenvalue weighted by Gasteiger charge is 2.14. The van der Waals surface area contributed by atoms with E-state index in [1.54, 1.807) is 14.0 Å². The molecule has 0 aromatic heterocycles. The van der Waals surface area contributed by atoms with Crippen molar-refractivity contribution in [3.8, 4) is 5.75 Å². The van der Waals surface area contributed by atoms with E-state index in [0.717, 1.165) is 15.8 Å². The van der Waals surface area contributed by atoms with Gasteiger partial charge >= 0.3 is 0 Å². The second-order valence-electron chi connectivity index (χ2n) is 4.57. The van der Waals surface area contributed by atoms with Crippen molar-refractivity contribution in [3.05, 3.63) is 53.0 Å². The number of ether oxygens (including phenoxy) is 1. The number of para-hydroxylation sites is 2. The van der Waals surface area contributed by atoms with Gasteiger partial charge in [-0.3, -0.25) is 4.79 Å². The third kappa shape index (κ3) is 4.23. The molecule has 0 spiro atoms. The molecule has 1 amide bonds. The quantitative estimate of drug-likeness (QED) is 0.861. The van der Waals surface area contributed by atoms with Gasteiger partial charge in [0.2, 0.25) is 5.91 Å².